The summed E-state index contributed by atoms with van der Waals surface area (Å²) in [6.45, 7) is 0.751. The number of carbonyl (C=O) groups is 2. The van der Waals surface area contributed by atoms with Gasteiger partial charge in [-0.2, -0.15) is 13.2 Å². The largest absolute Gasteiger partial charge is 0.448 e. The lowest BCUT2D eigenvalue weighted by molar-refractivity contribution is -0.142. The van der Waals surface area contributed by atoms with Crippen LogP contribution in [0.3, 0.4) is 0 Å². The number of hydrogen-bond acceptors (Lipinski definition) is 5. The first-order valence-electron chi connectivity index (χ1n) is 10.3. The van der Waals surface area contributed by atoms with Crippen LogP contribution < -0.4 is 0 Å². The molecule has 0 N–H and O–H groups in total. The zero-order valence-corrected chi connectivity index (χ0v) is 16.9. The Balaban J connectivity index is 1.37. The summed E-state index contributed by atoms with van der Waals surface area (Å²) in [5.74, 6) is -0.725. The molecule has 5 rings (SSSR count). The molecule has 1 fully saturated rings. The molecular weight excluding hydrogens is 425 g/mol. The van der Waals surface area contributed by atoms with Gasteiger partial charge in [-0.25, -0.2) is 4.79 Å². The molecule has 2 aromatic heterocycles. The van der Waals surface area contributed by atoms with Gasteiger partial charge in [0, 0.05) is 31.6 Å². The molecule has 2 unspecified atom stereocenters. The summed E-state index contributed by atoms with van der Waals surface area (Å²) in [6, 6.07) is 9.27. The molecule has 0 saturated carbocycles. The van der Waals surface area contributed by atoms with E-state index in [-0.39, 0.29) is 18.4 Å². The Kier molecular flexibility index (Phi) is 4.87. The van der Waals surface area contributed by atoms with Crippen molar-refractivity contribution in [2.45, 2.75) is 37.5 Å². The van der Waals surface area contributed by atoms with Gasteiger partial charge in [0.2, 0.25) is 0 Å². The van der Waals surface area contributed by atoms with Crippen LogP contribution >= 0.6 is 0 Å². The van der Waals surface area contributed by atoms with Gasteiger partial charge >= 0.3 is 12.1 Å². The van der Waals surface area contributed by atoms with Crippen LogP contribution in [0, 0.1) is 0 Å². The summed E-state index contributed by atoms with van der Waals surface area (Å²) < 4.78 is 46.2. The summed E-state index contributed by atoms with van der Waals surface area (Å²) in [7, 11) is 0. The number of esters is 1. The van der Waals surface area contributed by atoms with Crippen molar-refractivity contribution in [1.29, 1.82) is 0 Å². The minimum absolute atomic E-state index is 0.269. The van der Waals surface area contributed by atoms with Gasteiger partial charge in [-0.3, -0.25) is 9.20 Å². The molecule has 0 bridgehead atoms. The zero-order valence-electron chi connectivity index (χ0n) is 16.9. The van der Waals surface area contributed by atoms with E-state index in [1.165, 1.54) is 10.5 Å². The number of aromatic nitrogens is 3. The monoisotopic (exact) mass is 444 g/mol. The highest BCUT2D eigenvalue weighted by Gasteiger charge is 2.37. The van der Waals surface area contributed by atoms with Crippen LogP contribution in [0.5, 0.6) is 0 Å². The van der Waals surface area contributed by atoms with E-state index in [0.717, 1.165) is 17.8 Å². The average Bonchev–Trinajstić information content (AvgIpc) is 3.21. The zero-order chi connectivity index (χ0) is 22.5. The summed E-state index contributed by atoms with van der Waals surface area (Å²) in [5.41, 5.74) is 0.749. The van der Waals surface area contributed by atoms with Gasteiger partial charge in [0.15, 0.2) is 11.8 Å². The van der Waals surface area contributed by atoms with Gasteiger partial charge in [0.25, 0.3) is 5.91 Å². The van der Waals surface area contributed by atoms with Gasteiger partial charge in [-0.1, -0.05) is 18.2 Å². The Morgan fingerprint density at radius 1 is 1.12 bits per heavy atom. The minimum Gasteiger partial charge on any atom is -0.448 e. The molecule has 0 radical (unpaired) electrons. The highest BCUT2D eigenvalue weighted by molar-refractivity contribution is 5.95. The molecule has 32 heavy (non-hydrogen) atoms. The van der Waals surface area contributed by atoms with Crippen LogP contribution in [0.2, 0.25) is 0 Å². The molecule has 0 aliphatic carbocycles. The van der Waals surface area contributed by atoms with E-state index < -0.39 is 23.8 Å². The van der Waals surface area contributed by atoms with Crippen molar-refractivity contribution in [2.24, 2.45) is 0 Å². The fourth-order valence-corrected chi connectivity index (χ4v) is 4.42. The van der Waals surface area contributed by atoms with Crippen LogP contribution in [0.25, 0.3) is 5.65 Å². The normalized spacial score (nSPS) is 21.3. The third-order valence-electron chi connectivity index (χ3n) is 6.02. The molecule has 1 amide bonds. The van der Waals surface area contributed by atoms with E-state index in [1.807, 2.05) is 6.07 Å². The summed E-state index contributed by atoms with van der Waals surface area (Å²) in [6.07, 6.45) is -2.79. The highest BCUT2D eigenvalue weighted by atomic mass is 19.4. The molecule has 4 heterocycles. The maximum atomic E-state index is 13.2. The van der Waals surface area contributed by atoms with Crippen molar-refractivity contribution in [2.75, 3.05) is 13.1 Å². The fraction of sp³-hybridized carbons (Fsp3) is 0.364. The van der Waals surface area contributed by atoms with Gasteiger partial charge in [0.1, 0.15) is 5.82 Å². The van der Waals surface area contributed by atoms with Crippen molar-refractivity contribution < 1.29 is 27.5 Å². The molecule has 1 aromatic carbocycles. The first-order chi connectivity index (χ1) is 15.3. The Labute approximate surface area is 180 Å². The first-order valence-corrected chi connectivity index (χ1v) is 10.3. The van der Waals surface area contributed by atoms with Crippen molar-refractivity contribution in [3.8, 4) is 0 Å². The molecule has 1 saturated heterocycles. The number of fused-ring (bicyclic) bond motifs is 2. The van der Waals surface area contributed by atoms with E-state index in [2.05, 4.69) is 10.2 Å². The van der Waals surface area contributed by atoms with E-state index in [1.54, 1.807) is 23.1 Å². The molecule has 0 spiro atoms. The number of ether oxygens (including phenoxy) is 1. The van der Waals surface area contributed by atoms with Gasteiger partial charge < -0.3 is 9.64 Å². The second-order valence-corrected chi connectivity index (χ2v) is 8.08. The number of carbonyl (C=O) groups excluding carboxylic acids is 2. The third-order valence-corrected chi connectivity index (χ3v) is 6.02. The van der Waals surface area contributed by atoms with Crippen LogP contribution in [0.1, 0.15) is 46.1 Å². The van der Waals surface area contributed by atoms with E-state index in [0.29, 0.717) is 42.8 Å². The van der Waals surface area contributed by atoms with E-state index >= 15 is 0 Å². The quantitative estimate of drug-likeness (QED) is 0.568. The number of alkyl halides is 3. The summed E-state index contributed by atoms with van der Waals surface area (Å²) >= 11 is 0. The lowest BCUT2D eigenvalue weighted by Gasteiger charge is -2.35. The van der Waals surface area contributed by atoms with Gasteiger partial charge in [-0.15, -0.1) is 10.2 Å². The van der Waals surface area contributed by atoms with Gasteiger partial charge in [0.05, 0.1) is 11.1 Å². The summed E-state index contributed by atoms with van der Waals surface area (Å²) in [5, 5.41) is 8.10. The second-order valence-electron chi connectivity index (χ2n) is 8.08. The predicted octanol–water partition coefficient (Wildman–Crippen LogP) is 3.24. The third kappa shape index (κ3) is 3.59. The van der Waals surface area contributed by atoms with Crippen LogP contribution in [-0.2, 0) is 22.1 Å². The molecule has 2 aliphatic heterocycles. The van der Waals surface area contributed by atoms with Crippen molar-refractivity contribution >= 4 is 17.5 Å². The predicted molar refractivity (Wildman–Crippen MR) is 106 cm³/mol. The Hall–Kier alpha value is -3.43. The van der Waals surface area contributed by atoms with E-state index in [9.17, 15) is 22.8 Å². The standard InChI is InChI=1S/C22H19F3N4O3/c23-22(24,25)15-7-8-18-26-27-19(29(18)12-15)14-5-3-9-28(11-14)20(30)17-10-13-4-1-2-6-16(13)21(31)32-17/h1-2,4,6-8,12,14,17H,3,5,9-11H2. The van der Waals surface area contributed by atoms with E-state index in [4.69, 9.17) is 4.74 Å². The molecule has 7 nitrogen and oxygen atoms in total. The number of nitrogens with zero attached hydrogens (tertiary/aromatic N) is 4. The Morgan fingerprint density at radius 3 is 2.75 bits per heavy atom. The number of halogens is 3. The molecule has 10 heteroatoms. The topological polar surface area (TPSA) is 76.8 Å². The fourth-order valence-electron chi connectivity index (χ4n) is 4.42. The van der Waals surface area contributed by atoms with Crippen LogP contribution in [0.4, 0.5) is 13.2 Å². The molecule has 2 aliphatic rings. The van der Waals surface area contributed by atoms with Crippen LogP contribution in [-0.4, -0.2) is 50.6 Å². The minimum atomic E-state index is -4.48. The smallest absolute Gasteiger partial charge is 0.417 e. The Bertz CT molecular complexity index is 1210. The number of hydrogen-bond donors (Lipinski definition) is 0. The molecular formula is C22H19F3N4O3. The van der Waals surface area contributed by atoms with Crippen molar-refractivity contribution in [3.05, 3.63) is 65.1 Å². The van der Waals surface area contributed by atoms with Crippen molar-refractivity contribution in [3.63, 3.8) is 0 Å². The summed E-state index contributed by atoms with van der Waals surface area (Å²) in [4.78, 5) is 27.0. The van der Waals surface area contributed by atoms with Crippen molar-refractivity contribution in [1.82, 2.24) is 19.5 Å². The molecule has 2 atom stereocenters. The second kappa shape index (κ2) is 7.61. The molecule has 3 aromatic rings. The van der Waals surface area contributed by atoms with Gasteiger partial charge in [-0.05, 0) is 36.6 Å². The number of piperidine rings is 1. The van der Waals surface area contributed by atoms with Crippen LogP contribution in [0.15, 0.2) is 42.6 Å². The number of likely N-dealkylation sites (tertiary alicyclic amines) is 1. The lowest BCUT2D eigenvalue weighted by Crippen LogP contribution is -2.48. The number of amides is 1. The number of pyridine rings is 1. The number of cyclic esters (lactones) is 1. The maximum absolute atomic E-state index is 13.2. The first kappa shape index (κ1) is 20.5. The maximum Gasteiger partial charge on any atom is 0.417 e. The highest BCUT2D eigenvalue weighted by Crippen LogP contribution is 2.32. The SMILES string of the molecule is O=C1OC(C(=O)N2CCCC(c3nnc4ccc(C(F)(F)F)cn34)C2)Cc2ccccc21. The molecule has 166 valence electrons. The number of benzene rings is 1. The lowest BCUT2D eigenvalue weighted by atomic mass is 9.94. The Morgan fingerprint density at radius 2 is 1.94 bits per heavy atom. The average molecular weight is 444 g/mol. The number of rotatable bonds is 2.